The van der Waals surface area contributed by atoms with Crippen molar-refractivity contribution >= 4 is 28.4 Å². The summed E-state index contributed by atoms with van der Waals surface area (Å²) in [5, 5.41) is 5.00. The third kappa shape index (κ3) is 4.96. The number of hydrogen-bond donors (Lipinski definition) is 1. The second-order valence-electron chi connectivity index (χ2n) is 8.04. The van der Waals surface area contributed by atoms with Crippen molar-refractivity contribution in [2.24, 2.45) is 0 Å². The molecule has 0 aliphatic carbocycles. The molecule has 3 aromatic heterocycles. The molecule has 8 heteroatoms. The van der Waals surface area contributed by atoms with E-state index in [9.17, 15) is 14.4 Å². The Hall–Kier alpha value is -3.52. The lowest BCUT2D eigenvalue weighted by Crippen LogP contribution is -2.44. The fourth-order valence-electron chi connectivity index (χ4n) is 3.87. The van der Waals surface area contributed by atoms with Crippen LogP contribution in [0.5, 0.6) is 0 Å². The van der Waals surface area contributed by atoms with Crippen LogP contribution in [0.15, 0.2) is 69.7 Å². The number of carbonyl (C=O) groups excluding carboxylic acids is 1. The van der Waals surface area contributed by atoms with E-state index in [1.807, 2.05) is 48.7 Å². The molecule has 0 spiro atoms. The summed E-state index contributed by atoms with van der Waals surface area (Å²) in [6, 6.07) is 15.0. The molecule has 0 aliphatic rings. The van der Waals surface area contributed by atoms with Crippen molar-refractivity contribution in [3.63, 3.8) is 0 Å². The van der Waals surface area contributed by atoms with Gasteiger partial charge in [-0.3, -0.25) is 23.5 Å². The van der Waals surface area contributed by atoms with Gasteiger partial charge in [-0.25, -0.2) is 4.98 Å². The van der Waals surface area contributed by atoms with Crippen LogP contribution >= 0.6 is 11.3 Å². The minimum absolute atomic E-state index is 0.121. The number of hydrogen-bond acceptors (Lipinski definition) is 5. The summed E-state index contributed by atoms with van der Waals surface area (Å²) in [7, 11) is 0. The summed E-state index contributed by atoms with van der Waals surface area (Å²) in [5.41, 5.74) is 1.40. The number of thiophene rings is 1. The first-order valence-corrected chi connectivity index (χ1v) is 11.8. The summed E-state index contributed by atoms with van der Waals surface area (Å²) < 4.78 is 2.60. The monoisotopic (exact) mass is 462 g/mol. The van der Waals surface area contributed by atoms with E-state index in [2.05, 4.69) is 17.2 Å². The van der Waals surface area contributed by atoms with Gasteiger partial charge in [0, 0.05) is 11.1 Å². The number of carbonyl (C=O) groups is 1. The van der Waals surface area contributed by atoms with Crippen LogP contribution < -0.4 is 16.4 Å². The Morgan fingerprint density at radius 1 is 1.06 bits per heavy atom. The topological polar surface area (TPSA) is 86.0 Å². The highest BCUT2D eigenvalue weighted by molar-refractivity contribution is 7.10. The number of benzene rings is 1. The van der Waals surface area contributed by atoms with Crippen molar-refractivity contribution in [2.75, 3.05) is 0 Å². The number of rotatable bonds is 8. The molecular weight excluding hydrogens is 436 g/mol. The van der Waals surface area contributed by atoms with Crippen molar-refractivity contribution in [3.8, 4) is 0 Å². The molecule has 0 saturated heterocycles. The second-order valence-corrected chi connectivity index (χ2v) is 9.02. The first-order valence-electron chi connectivity index (χ1n) is 10.9. The fraction of sp³-hybridized carbons (Fsp3) is 0.280. The molecule has 0 aliphatic heterocycles. The van der Waals surface area contributed by atoms with Gasteiger partial charge in [0.15, 0.2) is 5.65 Å². The molecule has 4 aromatic rings. The van der Waals surface area contributed by atoms with Crippen LogP contribution in [0.4, 0.5) is 0 Å². The molecule has 0 radical (unpaired) electrons. The predicted molar refractivity (Wildman–Crippen MR) is 131 cm³/mol. The summed E-state index contributed by atoms with van der Waals surface area (Å²) in [6.45, 7) is 4.03. The molecule has 170 valence electrons. The van der Waals surface area contributed by atoms with E-state index in [-0.39, 0.29) is 25.0 Å². The lowest BCUT2D eigenvalue weighted by Gasteiger charge is -2.18. The zero-order valence-electron chi connectivity index (χ0n) is 18.7. The smallest absolute Gasteiger partial charge is 0.318 e. The van der Waals surface area contributed by atoms with E-state index in [0.717, 1.165) is 28.8 Å². The van der Waals surface area contributed by atoms with Crippen LogP contribution in [-0.4, -0.2) is 20.0 Å². The second kappa shape index (κ2) is 9.95. The average Bonchev–Trinajstić information content (AvgIpc) is 3.35. The van der Waals surface area contributed by atoms with Crippen LogP contribution in [0.1, 0.15) is 41.8 Å². The van der Waals surface area contributed by atoms with Crippen LogP contribution in [0, 0.1) is 6.92 Å². The molecule has 0 fully saturated rings. The Morgan fingerprint density at radius 3 is 2.52 bits per heavy atom. The van der Waals surface area contributed by atoms with E-state index in [1.54, 1.807) is 29.7 Å². The van der Waals surface area contributed by atoms with E-state index in [1.165, 1.54) is 9.13 Å². The molecule has 0 bridgehead atoms. The fourth-order valence-corrected chi connectivity index (χ4v) is 4.68. The molecular formula is C25H26N4O3S. The number of amides is 1. The van der Waals surface area contributed by atoms with Crippen LogP contribution in [0.3, 0.4) is 0 Å². The molecule has 4 rings (SSSR count). The van der Waals surface area contributed by atoms with E-state index < -0.39 is 11.1 Å². The summed E-state index contributed by atoms with van der Waals surface area (Å²) >= 11 is 1.58. The maximum atomic E-state index is 13.0. The van der Waals surface area contributed by atoms with Gasteiger partial charge in [-0.05, 0) is 42.5 Å². The van der Waals surface area contributed by atoms with Crippen molar-refractivity contribution in [2.45, 2.75) is 45.8 Å². The lowest BCUT2D eigenvalue weighted by molar-refractivity contribution is -0.122. The minimum atomic E-state index is -0.735. The highest BCUT2D eigenvalue weighted by Gasteiger charge is 2.19. The Kier molecular flexibility index (Phi) is 6.84. The normalized spacial score (nSPS) is 12.1. The first kappa shape index (κ1) is 22.7. The number of aryl methyl sites for hydroxylation is 1. The standard InChI is InChI=1S/C25H26N4O3S/c1-3-6-19(21-8-5-14-33-21)27-22(30)16-28-20-7-4-13-26-23(20)29(25(32)24(28)31)15-18-11-9-17(2)10-12-18/h4-5,7-14,19H,3,6,15-16H2,1-2H3,(H,27,30)/t19-/m0/s1. The molecule has 0 unspecified atom stereocenters. The van der Waals surface area contributed by atoms with Gasteiger partial charge in [0.1, 0.15) is 6.54 Å². The third-order valence-corrected chi connectivity index (χ3v) is 6.53. The molecule has 33 heavy (non-hydrogen) atoms. The first-order chi connectivity index (χ1) is 16.0. The van der Waals surface area contributed by atoms with Gasteiger partial charge in [-0.15, -0.1) is 11.3 Å². The molecule has 7 nitrogen and oxygen atoms in total. The maximum absolute atomic E-state index is 13.0. The molecule has 3 heterocycles. The molecule has 1 amide bonds. The lowest BCUT2D eigenvalue weighted by atomic mass is 10.1. The number of pyridine rings is 1. The zero-order chi connectivity index (χ0) is 23.4. The highest BCUT2D eigenvalue weighted by atomic mass is 32.1. The number of fused-ring (bicyclic) bond motifs is 1. The van der Waals surface area contributed by atoms with Gasteiger partial charge >= 0.3 is 11.1 Å². The Balaban J connectivity index is 1.68. The Morgan fingerprint density at radius 2 is 1.82 bits per heavy atom. The summed E-state index contributed by atoms with van der Waals surface area (Å²) in [5.74, 6) is -0.315. The van der Waals surface area contributed by atoms with Gasteiger partial charge in [-0.1, -0.05) is 49.2 Å². The largest absolute Gasteiger partial charge is 0.347 e. The van der Waals surface area contributed by atoms with Crippen molar-refractivity contribution < 1.29 is 4.79 Å². The summed E-state index contributed by atoms with van der Waals surface area (Å²) in [6.07, 6.45) is 3.28. The molecule has 1 aromatic carbocycles. The molecule has 1 N–H and O–H groups in total. The van der Waals surface area contributed by atoms with Crippen molar-refractivity contribution in [1.29, 1.82) is 0 Å². The Labute approximate surface area is 195 Å². The van der Waals surface area contributed by atoms with Gasteiger partial charge in [0.05, 0.1) is 18.1 Å². The summed E-state index contributed by atoms with van der Waals surface area (Å²) in [4.78, 5) is 44.4. The SMILES string of the molecule is CCC[C@H](NC(=O)Cn1c(=O)c(=O)n(Cc2ccc(C)cc2)c2ncccc21)c1cccs1. The maximum Gasteiger partial charge on any atom is 0.318 e. The van der Waals surface area contributed by atoms with Crippen molar-refractivity contribution in [3.05, 3.63) is 96.8 Å². The highest BCUT2D eigenvalue weighted by Crippen LogP contribution is 2.23. The van der Waals surface area contributed by atoms with Crippen LogP contribution in [0.25, 0.3) is 11.2 Å². The van der Waals surface area contributed by atoms with Crippen molar-refractivity contribution in [1.82, 2.24) is 19.4 Å². The van der Waals surface area contributed by atoms with Crippen LogP contribution in [0.2, 0.25) is 0 Å². The molecule has 0 saturated carbocycles. The predicted octanol–water partition coefficient (Wildman–Crippen LogP) is 3.63. The quantitative estimate of drug-likeness (QED) is 0.405. The van der Waals surface area contributed by atoms with E-state index in [0.29, 0.717) is 11.2 Å². The van der Waals surface area contributed by atoms with E-state index >= 15 is 0 Å². The molecule has 1 atom stereocenters. The van der Waals surface area contributed by atoms with Gasteiger partial charge in [0.25, 0.3) is 0 Å². The number of nitrogens with zero attached hydrogens (tertiary/aromatic N) is 3. The van der Waals surface area contributed by atoms with Gasteiger partial charge in [-0.2, -0.15) is 0 Å². The van der Waals surface area contributed by atoms with Gasteiger partial charge < -0.3 is 5.32 Å². The Bertz CT molecular complexity index is 1370. The number of aromatic nitrogens is 3. The third-order valence-electron chi connectivity index (χ3n) is 5.55. The van der Waals surface area contributed by atoms with Gasteiger partial charge in [0.2, 0.25) is 5.91 Å². The number of nitrogens with one attached hydrogen (secondary N) is 1. The zero-order valence-corrected chi connectivity index (χ0v) is 19.5. The van der Waals surface area contributed by atoms with E-state index in [4.69, 9.17) is 0 Å². The van der Waals surface area contributed by atoms with Crippen LogP contribution in [-0.2, 0) is 17.9 Å². The average molecular weight is 463 g/mol. The minimum Gasteiger partial charge on any atom is -0.347 e.